The van der Waals surface area contributed by atoms with Gasteiger partial charge < -0.3 is 10.6 Å². The lowest BCUT2D eigenvalue weighted by Crippen LogP contribution is -2.45. The molecule has 0 unspecified atom stereocenters. The highest BCUT2D eigenvalue weighted by atomic mass is 35.5. The predicted molar refractivity (Wildman–Crippen MR) is 128 cm³/mol. The minimum atomic E-state index is -0.163. The largest absolute Gasteiger partial charge is 0.353 e. The van der Waals surface area contributed by atoms with Gasteiger partial charge in [-0.1, -0.05) is 72.3 Å². The first-order chi connectivity index (χ1) is 15.0. The average molecular weight is 436 g/mol. The molecule has 1 aliphatic rings. The summed E-state index contributed by atoms with van der Waals surface area (Å²) in [7, 11) is 0. The van der Waals surface area contributed by atoms with Crippen molar-refractivity contribution in [2.45, 2.75) is 51.5 Å². The van der Waals surface area contributed by atoms with Crippen molar-refractivity contribution in [3.63, 3.8) is 0 Å². The molecule has 1 saturated heterocycles. The molecule has 3 aromatic carbocycles. The van der Waals surface area contributed by atoms with Crippen LogP contribution in [0.3, 0.4) is 0 Å². The summed E-state index contributed by atoms with van der Waals surface area (Å²) in [5.74, 6) is 0.0940. The molecule has 4 nitrogen and oxygen atoms in total. The van der Waals surface area contributed by atoms with E-state index < -0.39 is 0 Å². The third kappa shape index (κ3) is 5.27. The number of nitrogens with zero attached hydrogens (tertiary/aromatic N) is 1. The van der Waals surface area contributed by atoms with E-state index in [1.165, 1.54) is 16.3 Å². The summed E-state index contributed by atoms with van der Waals surface area (Å²) >= 11 is 6.40. The third-order valence-corrected chi connectivity index (χ3v) is 6.30. The van der Waals surface area contributed by atoms with E-state index in [9.17, 15) is 4.79 Å². The number of likely N-dealkylation sites (tertiary alicyclic amines) is 1. The Morgan fingerprint density at radius 3 is 2.55 bits per heavy atom. The van der Waals surface area contributed by atoms with Gasteiger partial charge in [-0.2, -0.15) is 0 Å². The van der Waals surface area contributed by atoms with Gasteiger partial charge >= 0.3 is 0 Å². The topological polar surface area (TPSA) is 44.4 Å². The molecule has 1 amide bonds. The second kappa shape index (κ2) is 9.82. The zero-order valence-corrected chi connectivity index (χ0v) is 18.9. The van der Waals surface area contributed by atoms with Gasteiger partial charge in [0.25, 0.3) is 0 Å². The molecule has 0 spiro atoms. The number of hydrogen-bond donors (Lipinski definition) is 2. The normalized spacial score (nSPS) is 19.2. The van der Waals surface area contributed by atoms with Gasteiger partial charge in [0.1, 0.15) is 0 Å². The minimum Gasteiger partial charge on any atom is -0.353 e. The lowest BCUT2D eigenvalue weighted by molar-refractivity contribution is -0.126. The third-order valence-electron chi connectivity index (χ3n) is 5.93. The summed E-state index contributed by atoms with van der Waals surface area (Å²) in [5, 5.41) is 10.1. The second-order valence-corrected chi connectivity index (χ2v) is 9.06. The molecule has 0 aromatic heterocycles. The van der Waals surface area contributed by atoms with Crippen LogP contribution < -0.4 is 10.6 Å². The van der Waals surface area contributed by atoms with Crippen LogP contribution in [0.1, 0.15) is 31.4 Å². The van der Waals surface area contributed by atoms with Crippen molar-refractivity contribution in [3.8, 4) is 0 Å². The molecular formula is C26H30ClN3O. The Kier molecular flexibility index (Phi) is 6.91. The Morgan fingerprint density at radius 2 is 1.74 bits per heavy atom. The molecule has 0 aliphatic carbocycles. The monoisotopic (exact) mass is 435 g/mol. The van der Waals surface area contributed by atoms with E-state index >= 15 is 0 Å². The minimum absolute atomic E-state index is 0.0940. The maximum atomic E-state index is 12.9. The molecule has 0 saturated carbocycles. The van der Waals surface area contributed by atoms with E-state index in [1.54, 1.807) is 0 Å². The van der Waals surface area contributed by atoms with Crippen LogP contribution >= 0.6 is 11.6 Å². The summed E-state index contributed by atoms with van der Waals surface area (Å²) in [6.07, 6.45) is 0.785. The van der Waals surface area contributed by atoms with Crippen LogP contribution in [0, 0.1) is 0 Å². The maximum Gasteiger partial charge on any atom is 0.237 e. The number of benzene rings is 3. The number of rotatable bonds is 7. The van der Waals surface area contributed by atoms with Crippen molar-refractivity contribution in [2.75, 3.05) is 6.54 Å². The highest BCUT2D eigenvalue weighted by molar-refractivity contribution is 6.31. The molecule has 162 valence electrons. The van der Waals surface area contributed by atoms with Crippen molar-refractivity contribution in [3.05, 3.63) is 82.9 Å². The molecule has 0 radical (unpaired) electrons. The van der Waals surface area contributed by atoms with Gasteiger partial charge in [-0.05, 0) is 48.2 Å². The second-order valence-electron chi connectivity index (χ2n) is 8.65. The fourth-order valence-electron chi connectivity index (χ4n) is 4.43. The molecular weight excluding hydrogens is 406 g/mol. The summed E-state index contributed by atoms with van der Waals surface area (Å²) in [6, 6.07) is 23.0. The van der Waals surface area contributed by atoms with Crippen LogP contribution in [0.25, 0.3) is 10.8 Å². The fourth-order valence-corrected chi connectivity index (χ4v) is 4.62. The van der Waals surface area contributed by atoms with Crippen molar-refractivity contribution < 1.29 is 4.79 Å². The van der Waals surface area contributed by atoms with Crippen molar-refractivity contribution in [1.82, 2.24) is 15.5 Å². The van der Waals surface area contributed by atoms with Crippen LogP contribution in [-0.4, -0.2) is 35.5 Å². The molecule has 3 aromatic rings. The SMILES string of the molecule is CC(C)NC(=O)[C@@H]1C[C@H](NCc2cccc3ccccc23)CN1Cc1ccccc1Cl. The van der Waals surface area contributed by atoms with Crippen LogP contribution in [-0.2, 0) is 17.9 Å². The number of carbonyl (C=O) groups is 1. The van der Waals surface area contributed by atoms with Gasteiger partial charge in [-0.25, -0.2) is 0 Å². The van der Waals surface area contributed by atoms with Crippen molar-refractivity contribution >= 4 is 28.3 Å². The number of fused-ring (bicyclic) bond motifs is 1. The molecule has 1 aliphatic heterocycles. The maximum absolute atomic E-state index is 12.9. The van der Waals surface area contributed by atoms with Gasteiger partial charge in [0.05, 0.1) is 6.04 Å². The Hall–Kier alpha value is -2.40. The van der Waals surface area contributed by atoms with Gasteiger partial charge in [0, 0.05) is 36.7 Å². The van der Waals surface area contributed by atoms with Crippen LogP contribution in [0.5, 0.6) is 0 Å². The molecule has 2 N–H and O–H groups in total. The van der Waals surface area contributed by atoms with E-state index in [-0.39, 0.29) is 24.0 Å². The van der Waals surface area contributed by atoms with Crippen molar-refractivity contribution in [1.29, 1.82) is 0 Å². The highest BCUT2D eigenvalue weighted by Gasteiger charge is 2.36. The standard InChI is InChI=1S/C26H30ClN3O/c1-18(2)29-26(31)25-14-22(17-30(25)16-21-9-4-6-13-24(21)27)28-15-20-11-7-10-19-8-3-5-12-23(19)20/h3-13,18,22,25,28H,14-17H2,1-2H3,(H,29,31)/t22-,25-/m0/s1. The highest BCUT2D eigenvalue weighted by Crippen LogP contribution is 2.25. The lowest BCUT2D eigenvalue weighted by atomic mass is 10.0. The van der Waals surface area contributed by atoms with Crippen LogP contribution in [0.4, 0.5) is 0 Å². The van der Waals surface area contributed by atoms with Gasteiger partial charge in [-0.15, -0.1) is 0 Å². The zero-order valence-electron chi connectivity index (χ0n) is 18.1. The fraction of sp³-hybridized carbons (Fsp3) is 0.346. The summed E-state index contributed by atoms with van der Waals surface area (Å²) in [6.45, 7) is 6.27. The first kappa shape index (κ1) is 21.8. The lowest BCUT2D eigenvalue weighted by Gasteiger charge is -2.24. The number of halogens is 1. The predicted octanol–water partition coefficient (Wildman–Crippen LogP) is 4.75. The number of amides is 1. The van der Waals surface area contributed by atoms with E-state index in [0.717, 1.165) is 30.1 Å². The van der Waals surface area contributed by atoms with E-state index in [2.05, 4.69) is 58.0 Å². The molecule has 1 heterocycles. The number of nitrogens with one attached hydrogen (secondary N) is 2. The van der Waals surface area contributed by atoms with E-state index in [0.29, 0.717) is 6.54 Å². The zero-order chi connectivity index (χ0) is 21.8. The van der Waals surface area contributed by atoms with Gasteiger partial charge in [0.15, 0.2) is 0 Å². The molecule has 2 atom stereocenters. The van der Waals surface area contributed by atoms with E-state index in [4.69, 9.17) is 11.6 Å². The summed E-state index contributed by atoms with van der Waals surface area (Å²) < 4.78 is 0. The van der Waals surface area contributed by atoms with E-state index in [1.807, 2.05) is 38.1 Å². The van der Waals surface area contributed by atoms with Crippen molar-refractivity contribution in [2.24, 2.45) is 0 Å². The summed E-state index contributed by atoms with van der Waals surface area (Å²) in [5.41, 5.74) is 2.34. The Bertz CT molecular complexity index is 1050. The molecule has 31 heavy (non-hydrogen) atoms. The number of hydrogen-bond acceptors (Lipinski definition) is 3. The first-order valence-electron chi connectivity index (χ1n) is 11.0. The molecule has 1 fully saturated rings. The average Bonchev–Trinajstić information content (AvgIpc) is 3.16. The number of carbonyl (C=O) groups excluding carboxylic acids is 1. The van der Waals surface area contributed by atoms with Crippen LogP contribution in [0.15, 0.2) is 66.7 Å². The smallest absolute Gasteiger partial charge is 0.237 e. The Balaban J connectivity index is 1.48. The van der Waals surface area contributed by atoms with Gasteiger partial charge in [0.2, 0.25) is 5.91 Å². The van der Waals surface area contributed by atoms with Crippen LogP contribution in [0.2, 0.25) is 5.02 Å². The molecule has 4 rings (SSSR count). The Morgan fingerprint density at radius 1 is 1.03 bits per heavy atom. The molecule has 5 heteroatoms. The quantitative estimate of drug-likeness (QED) is 0.562. The first-order valence-corrected chi connectivity index (χ1v) is 11.4. The summed E-state index contributed by atoms with van der Waals surface area (Å²) in [4.78, 5) is 15.2. The Labute approximate surface area is 189 Å². The molecule has 0 bridgehead atoms. The van der Waals surface area contributed by atoms with Gasteiger partial charge in [-0.3, -0.25) is 9.69 Å².